The molecular formula is C11H17N3O3. The lowest BCUT2D eigenvalue weighted by atomic mass is 10.2. The molecule has 1 aliphatic rings. The summed E-state index contributed by atoms with van der Waals surface area (Å²) in [4.78, 5) is 11.7. The summed E-state index contributed by atoms with van der Waals surface area (Å²) in [5.74, 6) is -0.0885. The SMILES string of the molecule is CCOC(=O)c1nnn(CC(C)O)c1C1CC1. The summed E-state index contributed by atoms with van der Waals surface area (Å²) in [6.45, 7) is 4.13. The van der Waals surface area contributed by atoms with Crippen LogP contribution in [0.2, 0.25) is 0 Å². The number of hydrogen-bond donors (Lipinski definition) is 1. The third-order valence-corrected chi connectivity index (χ3v) is 2.64. The van der Waals surface area contributed by atoms with Gasteiger partial charge in [0.15, 0.2) is 5.69 Å². The van der Waals surface area contributed by atoms with Gasteiger partial charge in [0.1, 0.15) is 0 Å². The van der Waals surface area contributed by atoms with E-state index in [1.165, 1.54) is 0 Å². The second-order valence-corrected chi connectivity index (χ2v) is 4.35. The van der Waals surface area contributed by atoms with Crippen LogP contribution in [-0.4, -0.2) is 38.8 Å². The first-order chi connectivity index (χ1) is 8.13. The molecule has 1 saturated carbocycles. The fourth-order valence-electron chi connectivity index (χ4n) is 1.81. The number of carbonyl (C=O) groups is 1. The van der Waals surface area contributed by atoms with Crippen LogP contribution in [0.25, 0.3) is 0 Å². The van der Waals surface area contributed by atoms with Gasteiger partial charge in [0.05, 0.1) is 24.9 Å². The average molecular weight is 239 g/mol. The summed E-state index contributed by atoms with van der Waals surface area (Å²) in [6.07, 6.45) is 1.57. The van der Waals surface area contributed by atoms with E-state index in [9.17, 15) is 9.90 Å². The molecule has 1 aromatic heterocycles. The van der Waals surface area contributed by atoms with Gasteiger partial charge in [0.25, 0.3) is 0 Å². The summed E-state index contributed by atoms with van der Waals surface area (Å²) in [5, 5.41) is 17.2. The molecule has 94 valence electrons. The minimum atomic E-state index is -0.510. The summed E-state index contributed by atoms with van der Waals surface area (Å²) in [5.41, 5.74) is 1.11. The second kappa shape index (κ2) is 4.83. The Balaban J connectivity index is 2.26. The quantitative estimate of drug-likeness (QED) is 0.766. The van der Waals surface area contributed by atoms with E-state index >= 15 is 0 Å². The van der Waals surface area contributed by atoms with E-state index in [0.717, 1.165) is 18.5 Å². The summed E-state index contributed by atoms with van der Waals surface area (Å²) >= 11 is 0. The first-order valence-corrected chi connectivity index (χ1v) is 5.92. The summed E-state index contributed by atoms with van der Waals surface area (Å²) in [6, 6.07) is 0. The number of nitrogens with zero attached hydrogens (tertiary/aromatic N) is 3. The van der Waals surface area contributed by atoms with Gasteiger partial charge in [-0.25, -0.2) is 9.48 Å². The van der Waals surface area contributed by atoms with Gasteiger partial charge in [0, 0.05) is 5.92 Å². The summed E-state index contributed by atoms with van der Waals surface area (Å²) in [7, 11) is 0. The molecule has 1 unspecified atom stereocenters. The predicted molar refractivity (Wildman–Crippen MR) is 59.6 cm³/mol. The van der Waals surface area contributed by atoms with E-state index in [1.807, 2.05) is 0 Å². The lowest BCUT2D eigenvalue weighted by molar-refractivity contribution is 0.0517. The average Bonchev–Trinajstić information content (AvgIpc) is 3.00. The molecule has 1 heterocycles. The van der Waals surface area contributed by atoms with Crippen molar-refractivity contribution in [2.75, 3.05) is 6.61 Å². The lowest BCUT2D eigenvalue weighted by Gasteiger charge is -2.08. The molecule has 6 heteroatoms. The number of hydrogen-bond acceptors (Lipinski definition) is 5. The fraction of sp³-hybridized carbons (Fsp3) is 0.727. The number of aliphatic hydroxyl groups is 1. The van der Waals surface area contributed by atoms with Gasteiger partial charge in [0.2, 0.25) is 0 Å². The monoisotopic (exact) mass is 239 g/mol. The highest BCUT2D eigenvalue weighted by Crippen LogP contribution is 2.41. The van der Waals surface area contributed by atoms with Crippen LogP contribution in [0.4, 0.5) is 0 Å². The highest BCUT2D eigenvalue weighted by atomic mass is 16.5. The molecule has 17 heavy (non-hydrogen) atoms. The molecule has 0 bridgehead atoms. The zero-order valence-electron chi connectivity index (χ0n) is 10.1. The highest BCUT2D eigenvalue weighted by Gasteiger charge is 2.34. The largest absolute Gasteiger partial charge is 0.461 e. The molecule has 1 aliphatic carbocycles. The van der Waals surface area contributed by atoms with Gasteiger partial charge in [-0.3, -0.25) is 0 Å². The third-order valence-electron chi connectivity index (χ3n) is 2.64. The number of esters is 1. The zero-order valence-corrected chi connectivity index (χ0v) is 10.1. The van der Waals surface area contributed by atoms with Gasteiger partial charge >= 0.3 is 5.97 Å². The van der Waals surface area contributed by atoms with Crippen molar-refractivity contribution in [1.82, 2.24) is 15.0 Å². The smallest absolute Gasteiger partial charge is 0.360 e. The van der Waals surface area contributed by atoms with E-state index in [-0.39, 0.29) is 0 Å². The van der Waals surface area contributed by atoms with Crippen molar-refractivity contribution in [3.05, 3.63) is 11.4 Å². The topological polar surface area (TPSA) is 77.2 Å². The van der Waals surface area contributed by atoms with Gasteiger partial charge in [-0.2, -0.15) is 0 Å². The molecule has 0 spiro atoms. The molecule has 0 radical (unpaired) electrons. The number of ether oxygens (including phenoxy) is 1. The van der Waals surface area contributed by atoms with Crippen molar-refractivity contribution in [3.8, 4) is 0 Å². The van der Waals surface area contributed by atoms with Crippen molar-refractivity contribution in [2.45, 2.75) is 45.3 Å². The maximum Gasteiger partial charge on any atom is 0.360 e. The number of rotatable bonds is 5. The van der Waals surface area contributed by atoms with Crippen molar-refractivity contribution >= 4 is 5.97 Å². The van der Waals surface area contributed by atoms with Crippen LogP contribution in [0.3, 0.4) is 0 Å². The molecule has 0 aliphatic heterocycles. The van der Waals surface area contributed by atoms with Crippen LogP contribution in [-0.2, 0) is 11.3 Å². The normalized spacial score (nSPS) is 16.9. The molecule has 0 amide bonds. The van der Waals surface area contributed by atoms with Gasteiger partial charge in [-0.15, -0.1) is 5.10 Å². The van der Waals surface area contributed by atoms with Crippen molar-refractivity contribution in [3.63, 3.8) is 0 Å². The predicted octanol–water partition coefficient (Wildman–Crippen LogP) is 0.713. The number of aliphatic hydroxyl groups excluding tert-OH is 1. The molecule has 2 rings (SSSR count). The first-order valence-electron chi connectivity index (χ1n) is 5.92. The number of carbonyl (C=O) groups excluding carboxylic acids is 1. The Labute approximate surface area is 99.6 Å². The van der Waals surface area contributed by atoms with Crippen LogP contribution in [0.5, 0.6) is 0 Å². The van der Waals surface area contributed by atoms with E-state index < -0.39 is 12.1 Å². The minimum absolute atomic E-state index is 0.301. The Morgan fingerprint density at radius 1 is 1.65 bits per heavy atom. The second-order valence-electron chi connectivity index (χ2n) is 4.35. The molecule has 1 aromatic rings. The zero-order chi connectivity index (χ0) is 12.4. The Kier molecular flexibility index (Phi) is 3.42. The molecule has 1 fully saturated rings. The van der Waals surface area contributed by atoms with Crippen LogP contribution in [0.15, 0.2) is 0 Å². The maximum absolute atomic E-state index is 11.7. The fourth-order valence-corrected chi connectivity index (χ4v) is 1.81. The highest BCUT2D eigenvalue weighted by molar-refractivity contribution is 5.88. The number of aromatic nitrogens is 3. The first kappa shape index (κ1) is 12.0. The minimum Gasteiger partial charge on any atom is -0.461 e. The van der Waals surface area contributed by atoms with E-state index in [4.69, 9.17) is 4.74 Å². The van der Waals surface area contributed by atoms with Crippen molar-refractivity contribution in [1.29, 1.82) is 0 Å². The third kappa shape index (κ3) is 2.63. The Morgan fingerprint density at radius 3 is 2.88 bits per heavy atom. The van der Waals surface area contributed by atoms with E-state index in [2.05, 4.69) is 10.3 Å². The van der Waals surface area contributed by atoms with Crippen LogP contribution < -0.4 is 0 Å². The molecule has 0 saturated heterocycles. The molecule has 0 aromatic carbocycles. The molecule has 1 atom stereocenters. The molecule has 1 N–H and O–H groups in total. The Bertz CT molecular complexity index is 410. The Hall–Kier alpha value is -1.43. The molecular weight excluding hydrogens is 222 g/mol. The van der Waals surface area contributed by atoms with Crippen molar-refractivity contribution < 1.29 is 14.6 Å². The molecule has 6 nitrogen and oxygen atoms in total. The lowest BCUT2D eigenvalue weighted by Crippen LogP contribution is -2.16. The maximum atomic E-state index is 11.7. The van der Waals surface area contributed by atoms with E-state index in [1.54, 1.807) is 18.5 Å². The van der Waals surface area contributed by atoms with Gasteiger partial charge in [-0.05, 0) is 26.7 Å². The Morgan fingerprint density at radius 2 is 2.35 bits per heavy atom. The van der Waals surface area contributed by atoms with Gasteiger partial charge in [-0.1, -0.05) is 5.21 Å². The van der Waals surface area contributed by atoms with Gasteiger partial charge < -0.3 is 9.84 Å². The van der Waals surface area contributed by atoms with Crippen molar-refractivity contribution in [2.24, 2.45) is 0 Å². The van der Waals surface area contributed by atoms with Crippen LogP contribution >= 0.6 is 0 Å². The van der Waals surface area contributed by atoms with Crippen LogP contribution in [0, 0.1) is 0 Å². The summed E-state index contributed by atoms with van der Waals surface area (Å²) < 4.78 is 6.57. The van der Waals surface area contributed by atoms with Crippen LogP contribution in [0.1, 0.15) is 48.8 Å². The standard InChI is InChI=1S/C11H17N3O3/c1-3-17-11(16)9-10(8-4-5-8)14(13-12-9)6-7(2)15/h7-8,15H,3-6H2,1-2H3. The van der Waals surface area contributed by atoms with E-state index in [0.29, 0.717) is 24.8 Å².